The first-order valence-electron chi connectivity index (χ1n) is 9.01. The summed E-state index contributed by atoms with van der Waals surface area (Å²) in [5, 5.41) is 11.3. The van der Waals surface area contributed by atoms with Crippen molar-refractivity contribution >= 4 is 22.6 Å². The maximum Gasteiger partial charge on any atom is 0.308 e. The maximum atomic E-state index is 13.0. The molecule has 5 nitrogen and oxygen atoms in total. The first-order chi connectivity index (χ1) is 12.4. The van der Waals surface area contributed by atoms with Crippen molar-refractivity contribution in [1.82, 2.24) is 4.90 Å². The normalized spacial score (nSPS) is 16.1. The molecule has 138 valence electrons. The van der Waals surface area contributed by atoms with E-state index in [1.54, 1.807) is 18.9 Å². The minimum Gasteiger partial charge on any atom is -0.497 e. The number of fused-ring (bicyclic) bond motifs is 1. The van der Waals surface area contributed by atoms with E-state index >= 15 is 0 Å². The molecule has 3 rings (SSSR count). The van der Waals surface area contributed by atoms with Gasteiger partial charge in [-0.25, -0.2) is 0 Å². The summed E-state index contributed by atoms with van der Waals surface area (Å²) in [6, 6.07) is 12.1. The standard InChI is InChI=1S/C21H25NO4/c1-13(21(24)25)12-22(18-7-8-18)20(23)14(2)15-4-5-17-11-19(26-3)9-6-16(17)10-15/h4-6,9-11,13-14,18H,7-8,12H2,1-3H3,(H,24,25)/t13?,14-/m0/s1. The van der Waals surface area contributed by atoms with Crippen molar-refractivity contribution < 1.29 is 19.4 Å². The fourth-order valence-corrected chi connectivity index (χ4v) is 3.21. The molecule has 0 aliphatic heterocycles. The van der Waals surface area contributed by atoms with Gasteiger partial charge in [-0.2, -0.15) is 0 Å². The lowest BCUT2D eigenvalue weighted by atomic mass is 9.96. The zero-order valence-corrected chi connectivity index (χ0v) is 15.4. The molecule has 0 saturated heterocycles. The number of amides is 1. The molecule has 0 radical (unpaired) electrons. The molecule has 1 aliphatic rings. The Morgan fingerprint density at radius 2 is 1.81 bits per heavy atom. The first-order valence-corrected chi connectivity index (χ1v) is 9.01. The monoisotopic (exact) mass is 355 g/mol. The number of nitrogens with zero attached hydrogens (tertiary/aromatic N) is 1. The third-order valence-electron chi connectivity index (χ3n) is 5.10. The van der Waals surface area contributed by atoms with Crippen LogP contribution in [0.25, 0.3) is 10.8 Å². The number of hydrogen-bond acceptors (Lipinski definition) is 3. The lowest BCUT2D eigenvalue weighted by molar-refractivity contribution is -0.143. The SMILES string of the molecule is COc1ccc2cc([C@H](C)C(=O)N(CC(C)C(=O)O)C3CC3)ccc2c1. The molecule has 1 saturated carbocycles. The van der Waals surface area contributed by atoms with Crippen molar-refractivity contribution in [2.45, 2.75) is 38.6 Å². The third-order valence-corrected chi connectivity index (χ3v) is 5.10. The van der Waals surface area contributed by atoms with Crippen molar-refractivity contribution in [3.8, 4) is 5.75 Å². The summed E-state index contributed by atoms with van der Waals surface area (Å²) in [5.41, 5.74) is 0.946. The van der Waals surface area contributed by atoms with Crippen LogP contribution >= 0.6 is 0 Å². The lowest BCUT2D eigenvalue weighted by Gasteiger charge is -2.27. The summed E-state index contributed by atoms with van der Waals surface area (Å²) in [7, 11) is 1.64. The summed E-state index contributed by atoms with van der Waals surface area (Å²) in [6.45, 7) is 3.82. The molecule has 2 atom stereocenters. The van der Waals surface area contributed by atoms with Crippen LogP contribution in [0.4, 0.5) is 0 Å². The topological polar surface area (TPSA) is 66.8 Å². The second-order valence-electron chi connectivity index (χ2n) is 7.16. The molecular formula is C21H25NO4. The minimum absolute atomic E-state index is 0.00783. The summed E-state index contributed by atoms with van der Waals surface area (Å²) in [5.74, 6) is -0.917. The van der Waals surface area contributed by atoms with E-state index in [0.29, 0.717) is 0 Å². The maximum absolute atomic E-state index is 13.0. The number of rotatable bonds is 7. The lowest BCUT2D eigenvalue weighted by Crippen LogP contribution is -2.40. The zero-order valence-electron chi connectivity index (χ0n) is 15.4. The summed E-state index contributed by atoms with van der Waals surface area (Å²) in [6.07, 6.45) is 1.92. The number of methoxy groups -OCH3 is 1. The highest BCUT2D eigenvalue weighted by Gasteiger charge is 2.36. The van der Waals surface area contributed by atoms with Crippen LogP contribution in [0, 0.1) is 5.92 Å². The Kier molecular flexibility index (Phi) is 5.16. The fourth-order valence-electron chi connectivity index (χ4n) is 3.21. The van der Waals surface area contributed by atoms with Crippen molar-refractivity contribution in [3.05, 3.63) is 42.0 Å². The Morgan fingerprint density at radius 1 is 1.15 bits per heavy atom. The largest absolute Gasteiger partial charge is 0.497 e. The fraction of sp³-hybridized carbons (Fsp3) is 0.429. The highest BCUT2D eigenvalue weighted by atomic mass is 16.5. The number of carboxylic acids is 1. The predicted octanol–water partition coefficient (Wildman–Crippen LogP) is 3.66. The van der Waals surface area contributed by atoms with Crippen LogP contribution in [0.5, 0.6) is 5.75 Å². The number of carbonyl (C=O) groups is 2. The van der Waals surface area contributed by atoms with Gasteiger partial charge < -0.3 is 14.7 Å². The van der Waals surface area contributed by atoms with Crippen LogP contribution in [0.15, 0.2) is 36.4 Å². The van der Waals surface area contributed by atoms with E-state index in [-0.39, 0.29) is 24.4 Å². The Labute approximate surface area is 153 Å². The van der Waals surface area contributed by atoms with E-state index in [1.165, 1.54) is 0 Å². The Bertz CT molecular complexity index is 828. The van der Waals surface area contributed by atoms with Crippen molar-refractivity contribution in [2.24, 2.45) is 5.92 Å². The van der Waals surface area contributed by atoms with Crippen molar-refractivity contribution in [3.63, 3.8) is 0 Å². The molecule has 1 N–H and O–H groups in total. The summed E-state index contributed by atoms with van der Waals surface area (Å²) in [4.78, 5) is 26.0. The average Bonchev–Trinajstić information content (AvgIpc) is 3.48. The molecule has 0 bridgehead atoms. The van der Waals surface area contributed by atoms with Crippen LogP contribution < -0.4 is 4.74 Å². The van der Waals surface area contributed by atoms with E-state index in [9.17, 15) is 14.7 Å². The van der Waals surface area contributed by atoms with E-state index in [2.05, 4.69) is 0 Å². The Hall–Kier alpha value is -2.56. The van der Waals surface area contributed by atoms with E-state index in [0.717, 1.165) is 34.9 Å². The first kappa shape index (κ1) is 18.2. The van der Waals surface area contributed by atoms with Gasteiger partial charge in [0.05, 0.1) is 18.9 Å². The Morgan fingerprint density at radius 3 is 2.42 bits per heavy atom. The average molecular weight is 355 g/mol. The van der Waals surface area contributed by atoms with Crippen LogP contribution in [-0.4, -0.2) is 41.6 Å². The molecule has 26 heavy (non-hydrogen) atoms. The highest BCUT2D eigenvalue weighted by molar-refractivity contribution is 5.88. The molecule has 1 amide bonds. The van der Waals surface area contributed by atoms with Crippen molar-refractivity contribution in [2.75, 3.05) is 13.7 Å². The molecule has 0 aromatic heterocycles. The number of ether oxygens (including phenoxy) is 1. The van der Waals surface area contributed by atoms with Gasteiger partial charge in [-0.05, 0) is 48.2 Å². The smallest absolute Gasteiger partial charge is 0.308 e. The minimum atomic E-state index is -0.865. The quantitative estimate of drug-likeness (QED) is 0.823. The second-order valence-corrected chi connectivity index (χ2v) is 7.16. The van der Waals surface area contributed by atoms with Crippen LogP contribution in [0.3, 0.4) is 0 Å². The molecule has 2 aromatic rings. The highest BCUT2D eigenvalue weighted by Crippen LogP contribution is 2.32. The molecule has 5 heteroatoms. The van der Waals surface area contributed by atoms with Gasteiger partial charge in [0.25, 0.3) is 0 Å². The van der Waals surface area contributed by atoms with E-state index in [4.69, 9.17) is 4.74 Å². The number of hydrogen-bond donors (Lipinski definition) is 1. The van der Waals surface area contributed by atoms with Gasteiger partial charge in [0.1, 0.15) is 5.75 Å². The van der Waals surface area contributed by atoms with Gasteiger partial charge in [-0.15, -0.1) is 0 Å². The van der Waals surface area contributed by atoms with Gasteiger partial charge in [0.15, 0.2) is 0 Å². The second kappa shape index (κ2) is 7.36. The van der Waals surface area contributed by atoms with Crippen LogP contribution in [0.2, 0.25) is 0 Å². The van der Waals surface area contributed by atoms with Crippen LogP contribution in [-0.2, 0) is 9.59 Å². The predicted molar refractivity (Wildman–Crippen MR) is 100 cm³/mol. The molecule has 1 unspecified atom stereocenters. The number of carboxylic acid groups (broad SMARTS) is 1. The van der Waals surface area contributed by atoms with E-state index < -0.39 is 11.9 Å². The summed E-state index contributed by atoms with van der Waals surface area (Å²) >= 11 is 0. The third kappa shape index (κ3) is 3.82. The molecule has 0 heterocycles. The van der Waals surface area contributed by atoms with Gasteiger partial charge in [-0.1, -0.05) is 31.2 Å². The molecule has 2 aromatic carbocycles. The molecular weight excluding hydrogens is 330 g/mol. The summed E-state index contributed by atoms with van der Waals surface area (Å²) < 4.78 is 5.25. The van der Waals surface area contributed by atoms with Gasteiger partial charge >= 0.3 is 5.97 Å². The molecule has 0 spiro atoms. The Balaban J connectivity index is 1.82. The van der Waals surface area contributed by atoms with Gasteiger partial charge in [-0.3, -0.25) is 9.59 Å². The van der Waals surface area contributed by atoms with E-state index in [1.807, 2.05) is 43.3 Å². The molecule has 1 aliphatic carbocycles. The van der Waals surface area contributed by atoms with Gasteiger partial charge in [0.2, 0.25) is 5.91 Å². The van der Waals surface area contributed by atoms with Crippen LogP contribution in [0.1, 0.15) is 38.2 Å². The number of aliphatic carboxylic acids is 1. The number of carbonyl (C=O) groups excluding carboxylic acids is 1. The van der Waals surface area contributed by atoms with Gasteiger partial charge in [0, 0.05) is 12.6 Å². The molecule has 1 fully saturated rings. The van der Waals surface area contributed by atoms with Crippen molar-refractivity contribution in [1.29, 1.82) is 0 Å². The number of benzene rings is 2. The zero-order chi connectivity index (χ0) is 18.8.